The molecule has 4 rings (SSSR count). The number of hydrogen-bond acceptors (Lipinski definition) is 8. The summed E-state index contributed by atoms with van der Waals surface area (Å²) < 4.78 is 11.5. The quantitative estimate of drug-likeness (QED) is 0.0765. The molecule has 0 spiro atoms. The number of allylic oxidation sites excluding steroid dienone is 4. The fraction of sp³-hybridized carbons (Fsp3) is 0.529. The number of nitrogens with zero attached hydrogens (tertiary/aromatic N) is 1. The second-order valence-electron chi connectivity index (χ2n) is 18.6. The molecule has 1 heterocycles. The Morgan fingerprint density at radius 3 is 2.10 bits per heavy atom. The average molecular weight is 852 g/mol. The first-order valence-corrected chi connectivity index (χ1v) is 22.3. The molecule has 0 saturated carbocycles. The fourth-order valence-electron chi connectivity index (χ4n) is 8.05. The third-order valence-electron chi connectivity index (χ3n) is 11.3. The summed E-state index contributed by atoms with van der Waals surface area (Å²) in [5, 5.41) is 5.96. The molecular formula is C51H69N3O8. The Bertz CT molecular complexity index is 2010. The van der Waals surface area contributed by atoms with Crippen LogP contribution in [0.5, 0.6) is 5.75 Å². The Hall–Kier alpha value is -5.32. The topological polar surface area (TPSA) is 148 Å². The van der Waals surface area contributed by atoms with Gasteiger partial charge in [0.25, 0.3) is 0 Å². The molecular weight excluding hydrogens is 783 g/mol. The van der Waals surface area contributed by atoms with Crippen molar-refractivity contribution in [3.63, 3.8) is 0 Å². The third-order valence-corrected chi connectivity index (χ3v) is 11.3. The Morgan fingerprint density at radius 2 is 1.47 bits per heavy atom. The van der Waals surface area contributed by atoms with Crippen LogP contribution < -0.4 is 15.4 Å². The van der Waals surface area contributed by atoms with Gasteiger partial charge in [-0.25, -0.2) is 4.79 Å². The minimum Gasteiger partial charge on any atom is -0.494 e. The molecule has 1 fully saturated rings. The highest BCUT2D eigenvalue weighted by Gasteiger charge is 2.38. The molecule has 11 heteroatoms. The molecule has 1 saturated heterocycles. The van der Waals surface area contributed by atoms with Gasteiger partial charge < -0.3 is 25.0 Å². The number of likely N-dealkylation sites (tertiary alicyclic amines) is 1. The first-order valence-electron chi connectivity index (χ1n) is 22.3. The number of amides is 3. The van der Waals surface area contributed by atoms with Crippen LogP contribution in [0.4, 0.5) is 4.79 Å². The number of carbonyl (C=O) groups excluding carboxylic acids is 6. The smallest absolute Gasteiger partial charge is 0.408 e. The standard InChI is InChI=1S/C51H69N3O8/c1-32(2)28-41(53-50(60)62-51(8,9)10)23-22-39(29-37-16-12-11-13-17-37)49(59)54-26-14-19-44(54)45(55)31-40(48(58)52-33(3)4)30-38-20-24-42(25-21-38)61-27-15-18-43-36(7)46(56)34(5)35(6)47(43)57/h11-13,16-17,20-25,32-33,39-41,44H,14-15,18-19,26-31H2,1-10H3,(H,52,58)(H,53,60)/b23-22+/t39-,40-,41-,44+/m1/s1. The summed E-state index contributed by atoms with van der Waals surface area (Å²) in [4.78, 5) is 82.2. The van der Waals surface area contributed by atoms with Crippen molar-refractivity contribution >= 4 is 35.3 Å². The maximum Gasteiger partial charge on any atom is 0.408 e. The van der Waals surface area contributed by atoms with Crippen molar-refractivity contribution in [2.75, 3.05) is 13.2 Å². The second-order valence-corrected chi connectivity index (χ2v) is 18.6. The van der Waals surface area contributed by atoms with Crippen LogP contribution in [0.1, 0.15) is 119 Å². The molecule has 2 N–H and O–H groups in total. The summed E-state index contributed by atoms with van der Waals surface area (Å²) in [5.41, 5.74) is 3.24. The van der Waals surface area contributed by atoms with Gasteiger partial charge in [0.15, 0.2) is 17.3 Å². The number of rotatable bonds is 20. The third kappa shape index (κ3) is 14.7. The summed E-state index contributed by atoms with van der Waals surface area (Å²) in [5.74, 6) is -1.03. The summed E-state index contributed by atoms with van der Waals surface area (Å²) in [6, 6.07) is 16.0. The maximum absolute atomic E-state index is 14.5. The van der Waals surface area contributed by atoms with Gasteiger partial charge >= 0.3 is 6.09 Å². The number of ketones is 3. The summed E-state index contributed by atoms with van der Waals surface area (Å²) >= 11 is 0. The SMILES string of the molecule is CC1=C(C)C(=O)C(CCCOc2ccc(C[C@H](CC(=O)[C@@H]3CCCN3C(=O)[C@H](/C=C/[C@H](CC(C)C)NC(=O)OC(C)(C)C)Cc3ccccc3)C(=O)NC(C)C)cc2)=C(C)C1=O. The van der Waals surface area contributed by atoms with Crippen LogP contribution in [0.2, 0.25) is 0 Å². The van der Waals surface area contributed by atoms with Gasteiger partial charge in [-0.3, -0.25) is 24.0 Å². The minimum absolute atomic E-state index is 0.0224. The fourth-order valence-corrected chi connectivity index (χ4v) is 8.05. The molecule has 1 aliphatic carbocycles. The number of nitrogens with one attached hydrogen (secondary N) is 2. The van der Waals surface area contributed by atoms with E-state index in [2.05, 4.69) is 24.5 Å². The van der Waals surface area contributed by atoms with Gasteiger partial charge in [0.1, 0.15) is 11.4 Å². The maximum atomic E-state index is 14.5. The van der Waals surface area contributed by atoms with E-state index >= 15 is 0 Å². The summed E-state index contributed by atoms with van der Waals surface area (Å²) in [6.07, 6.45) is 6.78. The summed E-state index contributed by atoms with van der Waals surface area (Å²) in [6.45, 7) is 19.2. The molecule has 62 heavy (non-hydrogen) atoms. The van der Waals surface area contributed by atoms with E-state index in [1.165, 1.54) is 0 Å². The largest absolute Gasteiger partial charge is 0.494 e. The Labute approximate surface area is 369 Å². The van der Waals surface area contributed by atoms with E-state index in [1.807, 2.05) is 101 Å². The van der Waals surface area contributed by atoms with Gasteiger partial charge in [0, 0.05) is 47.2 Å². The zero-order chi connectivity index (χ0) is 45.7. The van der Waals surface area contributed by atoms with Crippen molar-refractivity contribution in [1.82, 2.24) is 15.5 Å². The molecule has 3 amide bonds. The van der Waals surface area contributed by atoms with Crippen LogP contribution in [0, 0.1) is 17.8 Å². The van der Waals surface area contributed by atoms with Crippen molar-refractivity contribution < 1.29 is 38.2 Å². The lowest BCUT2D eigenvalue weighted by molar-refractivity contribution is -0.140. The molecule has 0 aromatic heterocycles. The lowest BCUT2D eigenvalue weighted by atomic mass is 9.84. The van der Waals surface area contributed by atoms with Crippen molar-refractivity contribution in [1.29, 1.82) is 0 Å². The second kappa shape index (κ2) is 22.7. The van der Waals surface area contributed by atoms with E-state index in [1.54, 1.807) is 25.7 Å². The molecule has 0 bridgehead atoms. The highest BCUT2D eigenvalue weighted by molar-refractivity contribution is 6.24. The first kappa shape index (κ1) is 49.3. The Kier molecular flexibility index (Phi) is 18.0. The lowest BCUT2D eigenvalue weighted by Crippen LogP contribution is -2.45. The first-order chi connectivity index (χ1) is 29.2. The molecule has 2 aromatic carbocycles. The number of carbonyl (C=O) groups is 6. The van der Waals surface area contributed by atoms with Crippen molar-refractivity contribution in [2.24, 2.45) is 17.8 Å². The van der Waals surface area contributed by atoms with E-state index in [-0.39, 0.29) is 53.6 Å². The summed E-state index contributed by atoms with van der Waals surface area (Å²) in [7, 11) is 0. The predicted molar refractivity (Wildman–Crippen MR) is 242 cm³/mol. The highest BCUT2D eigenvalue weighted by atomic mass is 16.6. The van der Waals surface area contributed by atoms with Crippen LogP contribution >= 0.6 is 0 Å². The molecule has 2 aliphatic rings. The van der Waals surface area contributed by atoms with E-state index < -0.39 is 29.6 Å². The van der Waals surface area contributed by atoms with Gasteiger partial charge in [0.2, 0.25) is 11.8 Å². The lowest BCUT2D eigenvalue weighted by Gasteiger charge is -2.29. The molecule has 11 nitrogen and oxygen atoms in total. The van der Waals surface area contributed by atoms with Crippen LogP contribution in [-0.4, -0.2) is 77.0 Å². The van der Waals surface area contributed by atoms with Gasteiger partial charge in [0.05, 0.1) is 24.6 Å². The zero-order valence-corrected chi connectivity index (χ0v) is 38.6. The molecule has 2 aromatic rings. The van der Waals surface area contributed by atoms with E-state index in [9.17, 15) is 28.8 Å². The van der Waals surface area contributed by atoms with Gasteiger partial charge in [-0.2, -0.15) is 0 Å². The Balaban J connectivity index is 1.45. The van der Waals surface area contributed by atoms with E-state index in [0.717, 1.165) is 11.1 Å². The van der Waals surface area contributed by atoms with Crippen LogP contribution in [0.3, 0.4) is 0 Å². The minimum atomic E-state index is -0.660. The normalized spacial score (nSPS) is 17.5. The van der Waals surface area contributed by atoms with Crippen LogP contribution in [-0.2, 0) is 41.6 Å². The highest BCUT2D eigenvalue weighted by Crippen LogP contribution is 2.29. The molecule has 0 radical (unpaired) electrons. The zero-order valence-electron chi connectivity index (χ0n) is 38.6. The predicted octanol–water partition coefficient (Wildman–Crippen LogP) is 8.64. The van der Waals surface area contributed by atoms with Gasteiger partial charge in [-0.15, -0.1) is 0 Å². The van der Waals surface area contributed by atoms with Crippen molar-refractivity contribution in [2.45, 2.75) is 144 Å². The number of alkyl carbamates (subject to hydrolysis) is 1. The number of benzene rings is 2. The molecule has 336 valence electrons. The van der Waals surface area contributed by atoms with E-state index in [0.29, 0.717) is 86.1 Å². The monoisotopic (exact) mass is 852 g/mol. The number of hydrogen-bond donors (Lipinski definition) is 2. The molecule has 0 unspecified atom stereocenters. The Morgan fingerprint density at radius 1 is 0.823 bits per heavy atom. The van der Waals surface area contributed by atoms with Gasteiger partial charge in [-0.05, 0) is 130 Å². The molecule has 4 atom stereocenters. The van der Waals surface area contributed by atoms with E-state index in [4.69, 9.17) is 9.47 Å². The average Bonchev–Trinajstić information content (AvgIpc) is 3.70. The van der Waals surface area contributed by atoms with Crippen LogP contribution in [0.25, 0.3) is 0 Å². The van der Waals surface area contributed by atoms with Gasteiger partial charge in [-0.1, -0.05) is 68.5 Å². The van der Waals surface area contributed by atoms with Crippen molar-refractivity contribution in [3.8, 4) is 5.75 Å². The van der Waals surface area contributed by atoms with Crippen molar-refractivity contribution in [3.05, 3.63) is 100 Å². The number of Topliss-reactive ketones (excluding diaryl/α,β-unsaturated/α-hetero) is 3. The van der Waals surface area contributed by atoms with Crippen LogP contribution in [0.15, 0.2) is 89.0 Å². The molecule has 1 aliphatic heterocycles. The number of ether oxygens (including phenoxy) is 2.